The first-order chi connectivity index (χ1) is 10.2. The number of hydrogen-bond acceptors (Lipinski definition) is 4. The summed E-state index contributed by atoms with van der Waals surface area (Å²) < 4.78 is 14.4. The molecule has 0 unspecified atom stereocenters. The standard InChI is InChI=1S/C15H12FN3O2/c16-11-5-3-10(4-6-11)13-15(21)19(8-9-20)14-12(18-13)2-1-7-17-14/h1-7,20H,8-9H2. The van der Waals surface area contributed by atoms with Crippen molar-refractivity contribution in [2.45, 2.75) is 6.54 Å². The molecule has 106 valence electrons. The number of aromatic nitrogens is 3. The maximum atomic E-state index is 13.0. The zero-order valence-electron chi connectivity index (χ0n) is 11.0. The number of benzene rings is 1. The summed E-state index contributed by atoms with van der Waals surface area (Å²) in [4.78, 5) is 21.0. The van der Waals surface area contributed by atoms with E-state index in [9.17, 15) is 9.18 Å². The van der Waals surface area contributed by atoms with E-state index in [2.05, 4.69) is 9.97 Å². The number of aliphatic hydroxyl groups excluding tert-OH is 1. The van der Waals surface area contributed by atoms with Crippen LogP contribution < -0.4 is 5.56 Å². The molecule has 1 N–H and O–H groups in total. The Kier molecular flexibility index (Phi) is 3.45. The van der Waals surface area contributed by atoms with Crippen LogP contribution in [0, 0.1) is 5.82 Å². The van der Waals surface area contributed by atoms with Crippen LogP contribution in [-0.2, 0) is 6.54 Å². The van der Waals surface area contributed by atoms with E-state index in [1.54, 1.807) is 18.3 Å². The molecular weight excluding hydrogens is 273 g/mol. The molecule has 0 fully saturated rings. The van der Waals surface area contributed by atoms with Crippen molar-refractivity contribution in [1.29, 1.82) is 0 Å². The summed E-state index contributed by atoms with van der Waals surface area (Å²) >= 11 is 0. The fourth-order valence-electron chi connectivity index (χ4n) is 2.18. The van der Waals surface area contributed by atoms with E-state index < -0.39 is 0 Å². The molecule has 6 heteroatoms. The summed E-state index contributed by atoms with van der Waals surface area (Å²) in [5.41, 5.74) is 1.34. The van der Waals surface area contributed by atoms with Gasteiger partial charge in [0, 0.05) is 11.8 Å². The Morgan fingerprint density at radius 3 is 2.67 bits per heavy atom. The number of hydrogen-bond donors (Lipinski definition) is 1. The van der Waals surface area contributed by atoms with Crippen LogP contribution >= 0.6 is 0 Å². The minimum absolute atomic E-state index is 0.128. The molecule has 3 aromatic rings. The molecule has 0 radical (unpaired) electrons. The predicted octanol–water partition coefficient (Wildman–Crippen LogP) is 1.59. The lowest BCUT2D eigenvalue weighted by Crippen LogP contribution is -2.25. The van der Waals surface area contributed by atoms with E-state index >= 15 is 0 Å². The third kappa shape index (κ3) is 2.41. The van der Waals surface area contributed by atoms with Crippen LogP contribution in [0.4, 0.5) is 4.39 Å². The van der Waals surface area contributed by atoms with Crippen LogP contribution in [-0.4, -0.2) is 26.2 Å². The number of pyridine rings is 1. The van der Waals surface area contributed by atoms with E-state index in [0.717, 1.165) is 0 Å². The number of fused-ring (bicyclic) bond motifs is 1. The molecule has 0 atom stereocenters. The van der Waals surface area contributed by atoms with Gasteiger partial charge in [-0.25, -0.2) is 14.4 Å². The maximum Gasteiger partial charge on any atom is 0.278 e. The van der Waals surface area contributed by atoms with Gasteiger partial charge in [0.1, 0.15) is 17.0 Å². The van der Waals surface area contributed by atoms with Gasteiger partial charge < -0.3 is 5.11 Å². The molecular formula is C15H12FN3O2. The smallest absolute Gasteiger partial charge is 0.278 e. The molecule has 0 saturated carbocycles. The quantitative estimate of drug-likeness (QED) is 0.793. The summed E-state index contributed by atoms with van der Waals surface area (Å²) in [5.74, 6) is -0.378. The van der Waals surface area contributed by atoms with E-state index in [4.69, 9.17) is 5.11 Å². The number of halogens is 1. The highest BCUT2D eigenvalue weighted by molar-refractivity contribution is 5.74. The maximum absolute atomic E-state index is 13.0. The zero-order valence-corrected chi connectivity index (χ0v) is 11.0. The second-order valence-electron chi connectivity index (χ2n) is 4.49. The molecule has 0 spiro atoms. The second kappa shape index (κ2) is 5.41. The lowest BCUT2D eigenvalue weighted by molar-refractivity contribution is 0.276. The summed E-state index contributed by atoms with van der Waals surface area (Å²) in [6.45, 7) is -0.0541. The van der Waals surface area contributed by atoms with Crippen LogP contribution in [0.15, 0.2) is 47.4 Å². The summed E-state index contributed by atoms with van der Waals surface area (Å²) in [6, 6.07) is 9.02. The monoisotopic (exact) mass is 285 g/mol. The van der Waals surface area contributed by atoms with Crippen LogP contribution in [0.1, 0.15) is 0 Å². The Balaban J connectivity index is 2.30. The Labute approximate surface area is 119 Å². The van der Waals surface area contributed by atoms with Gasteiger partial charge in [0.05, 0.1) is 13.2 Å². The molecule has 0 aliphatic carbocycles. The Morgan fingerprint density at radius 2 is 1.95 bits per heavy atom. The van der Waals surface area contributed by atoms with Gasteiger partial charge in [-0.3, -0.25) is 9.36 Å². The molecule has 0 bridgehead atoms. The lowest BCUT2D eigenvalue weighted by atomic mass is 10.1. The third-order valence-corrected chi connectivity index (χ3v) is 3.14. The van der Waals surface area contributed by atoms with Gasteiger partial charge in [0.15, 0.2) is 5.65 Å². The van der Waals surface area contributed by atoms with Crippen molar-refractivity contribution < 1.29 is 9.50 Å². The normalized spacial score (nSPS) is 11.0. The molecule has 2 aromatic heterocycles. The van der Waals surface area contributed by atoms with Crippen molar-refractivity contribution in [2.24, 2.45) is 0 Å². The van der Waals surface area contributed by atoms with Gasteiger partial charge in [-0.05, 0) is 36.4 Å². The predicted molar refractivity (Wildman–Crippen MR) is 76.3 cm³/mol. The molecule has 2 heterocycles. The van der Waals surface area contributed by atoms with Crippen LogP contribution in [0.5, 0.6) is 0 Å². The van der Waals surface area contributed by atoms with E-state index in [1.807, 2.05) is 0 Å². The van der Waals surface area contributed by atoms with Crippen molar-refractivity contribution in [1.82, 2.24) is 14.5 Å². The molecule has 21 heavy (non-hydrogen) atoms. The van der Waals surface area contributed by atoms with Crippen molar-refractivity contribution in [2.75, 3.05) is 6.61 Å². The van der Waals surface area contributed by atoms with Gasteiger partial charge in [-0.15, -0.1) is 0 Å². The highest BCUT2D eigenvalue weighted by Gasteiger charge is 2.13. The van der Waals surface area contributed by atoms with Gasteiger partial charge >= 0.3 is 0 Å². The van der Waals surface area contributed by atoms with Crippen molar-refractivity contribution in [3.63, 3.8) is 0 Å². The molecule has 0 amide bonds. The first-order valence-corrected chi connectivity index (χ1v) is 6.43. The van der Waals surface area contributed by atoms with Crippen LogP contribution in [0.25, 0.3) is 22.4 Å². The Morgan fingerprint density at radius 1 is 1.19 bits per heavy atom. The van der Waals surface area contributed by atoms with E-state index in [1.165, 1.54) is 28.8 Å². The first-order valence-electron chi connectivity index (χ1n) is 6.43. The molecule has 0 aliphatic heterocycles. The fraction of sp³-hybridized carbons (Fsp3) is 0.133. The number of aliphatic hydroxyl groups is 1. The average Bonchev–Trinajstić information content (AvgIpc) is 2.51. The van der Waals surface area contributed by atoms with Gasteiger partial charge in [0.25, 0.3) is 5.56 Å². The van der Waals surface area contributed by atoms with E-state index in [0.29, 0.717) is 16.7 Å². The lowest BCUT2D eigenvalue weighted by Gasteiger charge is -2.10. The highest BCUT2D eigenvalue weighted by Crippen LogP contribution is 2.16. The molecule has 3 rings (SSSR count). The number of nitrogens with zero attached hydrogens (tertiary/aromatic N) is 3. The zero-order chi connectivity index (χ0) is 14.8. The average molecular weight is 285 g/mol. The summed E-state index contributed by atoms with van der Waals surface area (Å²) in [6.07, 6.45) is 1.56. The van der Waals surface area contributed by atoms with Crippen LogP contribution in [0.2, 0.25) is 0 Å². The van der Waals surface area contributed by atoms with Crippen molar-refractivity contribution in [3.8, 4) is 11.3 Å². The van der Waals surface area contributed by atoms with Gasteiger partial charge in [-0.2, -0.15) is 0 Å². The molecule has 5 nitrogen and oxygen atoms in total. The van der Waals surface area contributed by atoms with Gasteiger partial charge in [-0.1, -0.05) is 0 Å². The van der Waals surface area contributed by atoms with E-state index in [-0.39, 0.29) is 30.2 Å². The Bertz CT molecular complexity index is 844. The molecule has 1 aromatic carbocycles. The minimum Gasteiger partial charge on any atom is -0.395 e. The molecule has 0 saturated heterocycles. The van der Waals surface area contributed by atoms with Crippen molar-refractivity contribution >= 4 is 11.2 Å². The first kappa shape index (κ1) is 13.4. The largest absolute Gasteiger partial charge is 0.395 e. The number of rotatable bonds is 3. The third-order valence-electron chi connectivity index (χ3n) is 3.14. The molecule has 0 aliphatic rings. The van der Waals surface area contributed by atoms with Crippen LogP contribution in [0.3, 0.4) is 0 Å². The SMILES string of the molecule is O=c1c(-c2ccc(F)cc2)nc2cccnc2n1CCO. The fourth-order valence-corrected chi connectivity index (χ4v) is 2.18. The topological polar surface area (TPSA) is 68.0 Å². The minimum atomic E-state index is -0.378. The summed E-state index contributed by atoms with van der Waals surface area (Å²) in [5, 5.41) is 9.14. The highest BCUT2D eigenvalue weighted by atomic mass is 19.1. The Hall–Kier alpha value is -2.60. The summed E-state index contributed by atoms with van der Waals surface area (Å²) in [7, 11) is 0. The second-order valence-corrected chi connectivity index (χ2v) is 4.49. The van der Waals surface area contributed by atoms with Gasteiger partial charge in [0.2, 0.25) is 0 Å². The van der Waals surface area contributed by atoms with Crippen molar-refractivity contribution in [3.05, 3.63) is 58.8 Å².